The van der Waals surface area contributed by atoms with E-state index in [9.17, 15) is 4.79 Å². The minimum atomic E-state index is 0.0795. The zero-order chi connectivity index (χ0) is 23.3. The molecule has 0 N–H and O–H groups in total. The highest BCUT2D eigenvalue weighted by molar-refractivity contribution is 7.22. The molecule has 2 heterocycles. The Labute approximate surface area is 206 Å². The molecule has 1 aromatic heterocycles. The van der Waals surface area contributed by atoms with Gasteiger partial charge in [0.05, 0.1) is 7.11 Å². The number of carbonyl (C=O) groups is 1. The minimum Gasteiger partial charge on any atom is -0.497 e. The Hall–Kier alpha value is -2.95. The summed E-state index contributed by atoms with van der Waals surface area (Å²) < 4.78 is 6.49. The van der Waals surface area contributed by atoms with E-state index >= 15 is 0 Å². The smallest absolute Gasteiger partial charge is 0.195 e. The third-order valence-corrected chi connectivity index (χ3v) is 7.97. The minimum absolute atomic E-state index is 0.0795. The molecule has 1 aliphatic rings. The van der Waals surface area contributed by atoms with Crippen LogP contribution in [-0.4, -0.2) is 37.4 Å². The standard InChI is InChI=1S/C30H31NO2S/c1-33-25-16-17-26-27(21-25)34-30(24-10-3-2-4-11-24)28(26)29(32)23-14-12-22(13-15-23)9-5-6-18-31-19-7-8-20-31/h2-4,10-17,21H,5-9,18-20H2,1H3. The van der Waals surface area contributed by atoms with Crippen LogP contribution in [-0.2, 0) is 6.42 Å². The van der Waals surface area contributed by atoms with Crippen molar-refractivity contribution in [2.75, 3.05) is 26.7 Å². The lowest BCUT2D eigenvalue weighted by atomic mass is 9.96. The molecule has 1 saturated heterocycles. The monoisotopic (exact) mass is 469 g/mol. The average Bonchev–Trinajstić information content (AvgIpc) is 3.54. The van der Waals surface area contributed by atoms with E-state index in [2.05, 4.69) is 29.2 Å². The van der Waals surface area contributed by atoms with Crippen molar-refractivity contribution in [1.29, 1.82) is 0 Å². The third kappa shape index (κ3) is 4.94. The van der Waals surface area contributed by atoms with E-state index in [1.807, 2.05) is 48.5 Å². The molecule has 0 aliphatic carbocycles. The third-order valence-electron chi connectivity index (χ3n) is 6.76. The predicted octanol–water partition coefficient (Wildman–Crippen LogP) is 7.23. The average molecular weight is 470 g/mol. The maximum atomic E-state index is 13.8. The predicted molar refractivity (Wildman–Crippen MR) is 142 cm³/mol. The van der Waals surface area contributed by atoms with Gasteiger partial charge in [0.15, 0.2) is 5.78 Å². The van der Waals surface area contributed by atoms with Crippen LogP contribution in [0.25, 0.3) is 20.5 Å². The van der Waals surface area contributed by atoms with Crippen molar-refractivity contribution < 1.29 is 9.53 Å². The van der Waals surface area contributed by atoms with Crippen molar-refractivity contribution in [2.24, 2.45) is 0 Å². The molecular weight excluding hydrogens is 438 g/mol. The first-order chi connectivity index (χ1) is 16.7. The number of likely N-dealkylation sites (tertiary alicyclic amines) is 1. The molecule has 5 rings (SSSR count). The van der Waals surface area contributed by atoms with E-state index < -0.39 is 0 Å². The molecule has 4 aromatic rings. The second-order valence-electron chi connectivity index (χ2n) is 9.07. The fraction of sp³-hybridized carbons (Fsp3) is 0.300. The van der Waals surface area contributed by atoms with Gasteiger partial charge in [-0.05, 0) is 81.1 Å². The van der Waals surface area contributed by atoms with E-state index in [-0.39, 0.29) is 5.78 Å². The van der Waals surface area contributed by atoms with Gasteiger partial charge in [-0.1, -0.05) is 54.6 Å². The number of hydrogen-bond acceptors (Lipinski definition) is 4. The van der Waals surface area contributed by atoms with Crippen LogP contribution in [0.4, 0.5) is 0 Å². The van der Waals surface area contributed by atoms with Crippen LogP contribution >= 0.6 is 11.3 Å². The summed E-state index contributed by atoms with van der Waals surface area (Å²) in [4.78, 5) is 17.3. The fourth-order valence-corrected chi connectivity index (χ4v) is 6.09. The number of rotatable bonds is 9. The maximum Gasteiger partial charge on any atom is 0.195 e. The van der Waals surface area contributed by atoms with E-state index in [1.165, 1.54) is 50.9 Å². The SMILES string of the molecule is COc1ccc2c(C(=O)c3ccc(CCCCN4CCCC4)cc3)c(-c3ccccc3)sc2c1. The lowest BCUT2D eigenvalue weighted by molar-refractivity contribution is 0.104. The summed E-state index contributed by atoms with van der Waals surface area (Å²) in [6, 6.07) is 24.4. The van der Waals surface area contributed by atoms with Crippen LogP contribution in [0.2, 0.25) is 0 Å². The molecule has 0 unspecified atom stereocenters. The van der Waals surface area contributed by atoms with Crippen molar-refractivity contribution in [2.45, 2.75) is 32.1 Å². The first-order valence-corrected chi connectivity index (χ1v) is 13.1. The summed E-state index contributed by atoms with van der Waals surface area (Å²) in [6.45, 7) is 3.76. The van der Waals surface area contributed by atoms with Crippen molar-refractivity contribution in [1.82, 2.24) is 4.90 Å². The Kier molecular flexibility index (Phi) is 7.08. The molecule has 0 bridgehead atoms. The van der Waals surface area contributed by atoms with Crippen LogP contribution < -0.4 is 4.74 Å². The van der Waals surface area contributed by atoms with Gasteiger partial charge in [0.2, 0.25) is 0 Å². The van der Waals surface area contributed by atoms with E-state index in [0.717, 1.165) is 43.8 Å². The van der Waals surface area contributed by atoms with Gasteiger partial charge in [-0.3, -0.25) is 4.79 Å². The maximum absolute atomic E-state index is 13.8. The fourth-order valence-electron chi connectivity index (χ4n) is 4.86. The van der Waals surface area contributed by atoms with Gasteiger partial charge >= 0.3 is 0 Å². The molecule has 0 radical (unpaired) electrons. The molecule has 0 spiro atoms. The molecule has 3 aromatic carbocycles. The molecule has 174 valence electrons. The molecule has 4 heteroatoms. The number of benzene rings is 3. The highest BCUT2D eigenvalue weighted by Crippen LogP contribution is 2.41. The second kappa shape index (κ2) is 10.5. The number of carbonyl (C=O) groups excluding carboxylic acids is 1. The topological polar surface area (TPSA) is 29.5 Å². The number of methoxy groups -OCH3 is 1. The van der Waals surface area contributed by atoms with Crippen molar-refractivity contribution >= 4 is 27.2 Å². The number of unbranched alkanes of at least 4 members (excludes halogenated alkanes) is 1. The van der Waals surface area contributed by atoms with Gasteiger partial charge < -0.3 is 9.64 Å². The first kappa shape index (κ1) is 22.8. The molecule has 34 heavy (non-hydrogen) atoms. The number of hydrogen-bond donors (Lipinski definition) is 0. The van der Waals surface area contributed by atoms with Gasteiger partial charge in [-0.2, -0.15) is 0 Å². The number of fused-ring (bicyclic) bond motifs is 1. The second-order valence-corrected chi connectivity index (χ2v) is 10.1. The molecule has 1 aliphatic heterocycles. The lowest BCUT2D eigenvalue weighted by Crippen LogP contribution is -2.20. The molecule has 1 fully saturated rings. The Bertz CT molecular complexity index is 1250. The highest BCUT2D eigenvalue weighted by Gasteiger charge is 2.22. The lowest BCUT2D eigenvalue weighted by Gasteiger charge is -2.13. The zero-order valence-corrected chi connectivity index (χ0v) is 20.6. The number of aryl methyl sites for hydroxylation is 1. The van der Waals surface area contributed by atoms with E-state index in [1.54, 1.807) is 18.4 Å². The van der Waals surface area contributed by atoms with Crippen LogP contribution in [0.5, 0.6) is 5.75 Å². The zero-order valence-electron chi connectivity index (χ0n) is 19.8. The summed E-state index contributed by atoms with van der Waals surface area (Å²) in [6.07, 6.45) is 6.21. The van der Waals surface area contributed by atoms with Gasteiger partial charge in [0.25, 0.3) is 0 Å². The van der Waals surface area contributed by atoms with Gasteiger partial charge in [-0.15, -0.1) is 11.3 Å². The van der Waals surface area contributed by atoms with Crippen molar-refractivity contribution in [3.63, 3.8) is 0 Å². The summed E-state index contributed by atoms with van der Waals surface area (Å²) >= 11 is 1.65. The van der Waals surface area contributed by atoms with Gasteiger partial charge in [0, 0.05) is 26.1 Å². The normalized spacial score (nSPS) is 14.0. The number of ether oxygens (including phenoxy) is 1. The molecule has 0 amide bonds. The summed E-state index contributed by atoms with van der Waals surface area (Å²) in [5.74, 6) is 0.886. The van der Waals surface area contributed by atoms with E-state index in [4.69, 9.17) is 4.74 Å². The van der Waals surface area contributed by atoms with Crippen molar-refractivity contribution in [3.8, 4) is 16.2 Å². The summed E-state index contributed by atoms with van der Waals surface area (Å²) in [5.41, 5.74) is 3.91. The van der Waals surface area contributed by atoms with Crippen LogP contribution in [0.3, 0.4) is 0 Å². The first-order valence-electron chi connectivity index (χ1n) is 12.2. The van der Waals surface area contributed by atoms with Crippen molar-refractivity contribution in [3.05, 3.63) is 89.5 Å². The quantitative estimate of drug-likeness (QED) is 0.191. The Morgan fingerprint density at radius 3 is 2.44 bits per heavy atom. The Balaban J connectivity index is 1.37. The highest BCUT2D eigenvalue weighted by atomic mass is 32.1. The Morgan fingerprint density at radius 1 is 0.941 bits per heavy atom. The Morgan fingerprint density at radius 2 is 1.71 bits per heavy atom. The van der Waals surface area contributed by atoms with Crippen LogP contribution in [0.1, 0.15) is 47.2 Å². The molecule has 0 saturated carbocycles. The number of thiophene rings is 1. The number of ketones is 1. The largest absolute Gasteiger partial charge is 0.497 e. The summed E-state index contributed by atoms with van der Waals surface area (Å²) in [7, 11) is 1.67. The van der Waals surface area contributed by atoms with Crippen LogP contribution in [0.15, 0.2) is 72.8 Å². The molecular formula is C30H31NO2S. The molecule has 3 nitrogen and oxygen atoms in total. The molecule has 0 atom stereocenters. The van der Waals surface area contributed by atoms with Gasteiger partial charge in [-0.25, -0.2) is 0 Å². The van der Waals surface area contributed by atoms with Crippen LogP contribution in [0, 0.1) is 0 Å². The number of nitrogens with zero attached hydrogens (tertiary/aromatic N) is 1. The summed E-state index contributed by atoms with van der Waals surface area (Å²) in [5, 5.41) is 0.987. The van der Waals surface area contributed by atoms with Gasteiger partial charge in [0.1, 0.15) is 5.75 Å². The van der Waals surface area contributed by atoms with E-state index in [0.29, 0.717) is 0 Å².